The largest absolute Gasteiger partial charge is 0.491 e. The van der Waals surface area contributed by atoms with Crippen molar-refractivity contribution >= 4 is 29.9 Å². The number of hydrogen-bond donors (Lipinski definition) is 3. The number of hydrogen-bond acceptors (Lipinski definition) is 4. The van der Waals surface area contributed by atoms with Gasteiger partial charge in [-0.05, 0) is 51.0 Å². The number of guanidine groups is 1. The minimum Gasteiger partial charge on any atom is -0.491 e. The van der Waals surface area contributed by atoms with Gasteiger partial charge in [0.15, 0.2) is 5.96 Å². The molecule has 1 heterocycles. The summed E-state index contributed by atoms with van der Waals surface area (Å²) in [6.07, 6.45) is 4.14. The fraction of sp³-hybridized carbons (Fsp3) is 0.500. The second-order valence-corrected chi connectivity index (χ2v) is 6.52. The molecule has 7 nitrogen and oxygen atoms in total. The molecule has 1 aromatic heterocycles. The molecule has 0 spiro atoms. The minimum absolute atomic E-state index is 0. The summed E-state index contributed by atoms with van der Waals surface area (Å²) in [5, 5.41) is 21.1. The van der Waals surface area contributed by atoms with Gasteiger partial charge in [0.2, 0.25) is 0 Å². The molecule has 2 aromatic rings. The molecule has 8 heteroatoms. The number of aliphatic imine (C=N–C) groups is 1. The second kappa shape index (κ2) is 13.4. The van der Waals surface area contributed by atoms with E-state index in [2.05, 4.69) is 20.7 Å². The number of aryl methyl sites for hydroxylation is 1. The number of nitrogens with one attached hydrogen (secondary N) is 2. The normalized spacial score (nSPS) is 12.4. The van der Waals surface area contributed by atoms with Crippen molar-refractivity contribution in [1.82, 2.24) is 20.4 Å². The lowest BCUT2D eigenvalue weighted by Gasteiger charge is -2.14. The topological polar surface area (TPSA) is 83.7 Å². The molecule has 1 aromatic carbocycles. The summed E-state index contributed by atoms with van der Waals surface area (Å²) in [4.78, 5) is 4.49. The number of rotatable bonds is 10. The third kappa shape index (κ3) is 8.92. The average molecular weight is 501 g/mol. The molecule has 1 unspecified atom stereocenters. The number of aliphatic hydroxyl groups excluding tert-OH is 1. The van der Waals surface area contributed by atoms with Gasteiger partial charge in [-0.15, -0.1) is 24.0 Å². The van der Waals surface area contributed by atoms with Crippen LogP contribution in [0.5, 0.6) is 5.75 Å². The molecular formula is C20H32IN5O2. The van der Waals surface area contributed by atoms with E-state index >= 15 is 0 Å². The third-order valence-electron chi connectivity index (χ3n) is 3.82. The lowest BCUT2D eigenvalue weighted by Crippen LogP contribution is -2.38. The Labute approximate surface area is 184 Å². The van der Waals surface area contributed by atoms with Crippen LogP contribution in [0.25, 0.3) is 0 Å². The Morgan fingerprint density at radius 2 is 2.00 bits per heavy atom. The Hall–Kier alpha value is -1.81. The van der Waals surface area contributed by atoms with Crippen LogP contribution in [0, 0.1) is 0 Å². The first-order valence-electron chi connectivity index (χ1n) is 9.52. The van der Waals surface area contributed by atoms with Crippen LogP contribution in [0.15, 0.2) is 47.7 Å². The molecule has 0 saturated heterocycles. The monoisotopic (exact) mass is 501 g/mol. The molecule has 0 fully saturated rings. The van der Waals surface area contributed by atoms with Crippen LogP contribution >= 0.6 is 24.0 Å². The highest BCUT2D eigenvalue weighted by Crippen LogP contribution is 2.19. The van der Waals surface area contributed by atoms with Gasteiger partial charge < -0.3 is 20.5 Å². The van der Waals surface area contributed by atoms with Gasteiger partial charge >= 0.3 is 0 Å². The molecule has 0 radical (unpaired) electrons. The van der Waals surface area contributed by atoms with E-state index in [0.29, 0.717) is 12.5 Å². The molecule has 0 aliphatic rings. The number of nitrogens with zero attached hydrogens (tertiary/aromatic N) is 3. The molecule has 0 bridgehead atoms. The Kier molecular flexibility index (Phi) is 11.6. The Bertz CT molecular complexity index is 674. The Morgan fingerprint density at radius 3 is 2.61 bits per heavy atom. The molecular weight excluding hydrogens is 469 g/mol. The van der Waals surface area contributed by atoms with Crippen LogP contribution in [0.2, 0.25) is 0 Å². The van der Waals surface area contributed by atoms with E-state index in [1.165, 1.54) is 0 Å². The Morgan fingerprint density at radius 1 is 1.25 bits per heavy atom. The molecule has 0 aliphatic heterocycles. The zero-order valence-electron chi connectivity index (χ0n) is 16.8. The Balaban J connectivity index is 0.00000392. The van der Waals surface area contributed by atoms with Crippen molar-refractivity contribution in [3.63, 3.8) is 0 Å². The molecule has 156 valence electrons. The number of benzene rings is 1. The fourth-order valence-corrected chi connectivity index (χ4v) is 2.55. The highest BCUT2D eigenvalue weighted by Gasteiger charge is 2.08. The first-order valence-corrected chi connectivity index (χ1v) is 9.52. The number of aromatic nitrogens is 2. The van der Waals surface area contributed by atoms with E-state index in [9.17, 15) is 5.11 Å². The minimum atomic E-state index is -0.655. The van der Waals surface area contributed by atoms with Crippen molar-refractivity contribution in [1.29, 1.82) is 0 Å². The van der Waals surface area contributed by atoms with Crippen molar-refractivity contribution < 1.29 is 9.84 Å². The van der Waals surface area contributed by atoms with Crippen LogP contribution < -0.4 is 15.4 Å². The molecule has 28 heavy (non-hydrogen) atoms. The number of halogens is 1. The zero-order valence-corrected chi connectivity index (χ0v) is 19.2. The maximum atomic E-state index is 10.4. The van der Waals surface area contributed by atoms with Gasteiger partial charge in [0.25, 0.3) is 0 Å². The maximum Gasteiger partial charge on any atom is 0.191 e. The van der Waals surface area contributed by atoms with Gasteiger partial charge in [0, 0.05) is 32.0 Å². The summed E-state index contributed by atoms with van der Waals surface area (Å²) in [5.41, 5.74) is 0.824. The SMILES string of the molecule is CCNC(=NCC(O)c1ccc(OC(C)C)cc1)NCCCn1cccn1.I. The van der Waals surface area contributed by atoms with Crippen LogP contribution in [0.3, 0.4) is 0 Å². The number of aliphatic hydroxyl groups is 1. The van der Waals surface area contributed by atoms with Gasteiger partial charge in [-0.3, -0.25) is 9.67 Å². The molecule has 0 aliphatic carbocycles. The molecule has 1 atom stereocenters. The number of ether oxygens (including phenoxy) is 1. The summed E-state index contributed by atoms with van der Waals surface area (Å²) in [6, 6.07) is 9.43. The lowest BCUT2D eigenvalue weighted by atomic mass is 10.1. The van der Waals surface area contributed by atoms with Crippen LogP contribution in [-0.2, 0) is 6.54 Å². The quantitative estimate of drug-likeness (QED) is 0.202. The molecule has 0 amide bonds. The maximum absolute atomic E-state index is 10.4. The van der Waals surface area contributed by atoms with Crippen molar-refractivity contribution in [3.05, 3.63) is 48.3 Å². The van der Waals surface area contributed by atoms with Gasteiger partial charge in [0.05, 0.1) is 18.8 Å². The zero-order chi connectivity index (χ0) is 19.5. The highest BCUT2D eigenvalue weighted by atomic mass is 127. The van der Waals surface area contributed by atoms with E-state index in [4.69, 9.17) is 4.74 Å². The van der Waals surface area contributed by atoms with Gasteiger partial charge in [0.1, 0.15) is 5.75 Å². The molecule has 2 rings (SSSR count). The smallest absolute Gasteiger partial charge is 0.191 e. The lowest BCUT2D eigenvalue weighted by molar-refractivity contribution is 0.186. The van der Waals surface area contributed by atoms with Crippen molar-refractivity contribution in [2.75, 3.05) is 19.6 Å². The van der Waals surface area contributed by atoms with Gasteiger partial charge in [-0.25, -0.2) is 0 Å². The average Bonchev–Trinajstić information content (AvgIpc) is 3.16. The first kappa shape index (κ1) is 24.2. The predicted molar refractivity (Wildman–Crippen MR) is 123 cm³/mol. The summed E-state index contributed by atoms with van der Waals surface area (Å²) >= 11 is 0. The summed E-state index contributed by atoms with van der Waals surface area (Å²) < 4.78 is 7.53. The van der Waals surface area contributed by atoms with E-state index in [-0.39, 0.29) is 30.1 Å². The fourth-order valence-electron chi connectivity index (χ4n) is 2.55. The van der Waals surface area contributed by atoms with Crippen molar-refractivity contribution in [2.24, 2.45) is 4.99 Å². The standard InChI is InChI=1S/C20H31N5O2.HI/c1-4-21-20(22-11-5-13-25-14-6-12-24-25)23-15-19(26)17-7-9-18(10-8-17)27-16(2)3;/h6-10,12,14,16,19,26H,4-5,11,13,15H2,1-3H3,(H2,21,22,23);1H. The molecule has 3 N–H and O–H groups in total. The van der Waals surface area contributed by atoms with E-state index in [1.54, 1.807) is 6.20 Å². The van der Waals surface area contributed by atoms with Crippen LogP contribution in [0.4, 0.5) is 0 Å². The second-order valence-electron chi connectivity index (χ2n) is 6.52. The van der Waals surface area contributed by atoms with Crippen LogP contribution in [-0.4, -0.2) is 46.6 Å². The third-order valence-corrected chi connectivity index (χ3v) is 3.82. The molecule has 0 saturated carbocycles. The van der Waals surface area contributed by atoms with Crippen molar-refractivity contribution in [3.8, 4) is 5.75 Å². The van der Waals surface area contributed by atoms with Crippen LogP contribution in [0.1, 0.15) is 38.9 Å². The summed E-state index contributed by atoms with van der Waals surface area (Å²) in [5.74, 6) is 1.51. The summed E-state index contributed by atoms with van der Waals surface area (Å²) in [6.45, 7) is 8.69. The first-order chi connectivity index (χ1) is 13.1. The van der Waals surface area contributed by atoms with E-state index < -0.39 is 6.10 Å². The van der Waals surface area contributed by atoms with E-state index in [0.717, 1.165) is 37.4 Å². The highest BCUT2D eigenvalue weighted by molar-refractivity contribution is 14.0. The summed E-state index contributed by atoms with van der Waals surface area (Å²) in [7, 11) is 0. The van der Waals surface area contributed by atoms with Crippen molar-refractivity contribution in [2.45, 2.75) is 45.9 Å². The van der Waals surface area contributed by atoms with Gasteiger partial charge in [-0.1, -0.05) is 12.1 Å². The predicted octanol–water partition coefficient (Wildman–Crippen LogP) is 2.97. The van der Waals surface area contributed by atoms with Gasteiger partial charge in [-0.2, -0.15) is 5.10 Å². The van der Waals surface area contributed by atoms with E-state index in [1.807, 2.05) is 62.0 Å².